The first-order valence-electron chi connectivity index (χ1n) is 9.40. The van der Waals surface area contributed by atoms with E-state index in [1.54, 1.807) is 0 Å². The minimum atomic E-state index is 0.222. The van der Waals surface area contributed by atoms with Crippen LogP contribution < -0.4 is 15.4 Å². The van der Waals surface area contributed by atoms with Crippen LogP contribution in [-0.4, -0.2) is 52.6 Å². The average Bonchev–Trinajstić information content (AvgIpc) is 3.10. The Hall–Kier alpha value is -2.25. The predicted molar refractivity (Wildman–Crippen MR) is 101 cm³/mol. The van der Waals surface area contributed by atoms with Gasteiger partial charge < -0.3 is 15.4 Å². The average molecular weight is 354 g/mol. The lowest BCUT2D eigenvalue weighted by Gasteiger charge is -2.23. The van der Waals surface area contributed by atoms with Crippen molar-refractivity contribution < 1.29 is 4.74 Å². The topological polar surface area (TPSA) is 75.2 Å². The van der Waals surface area contributed by atoms with Crippen molar-refractivity contribution in [2.24, 2.45) is 0 Å². The molecule has 1 unspecified atom stereocenters. The third kappa shape index (κ3) is 4.11. The highest BCUT2D eigenvalue weighted by molar-refractivity contribution is 5.52. The molecule has 2 aromatic heterocycles. The van der Waals surface area contributed by atoms with Gasteiger partial charge in [0.25, 0.3) is 0 Å². The molecule has 0 bridgehead atoms. The van der Waals surface area contributed by atoms with Crippen LogP contribution in [0.3, 0.4) is 0 Å². The highest BCUT2D eigenvalue weighted by atomic mass is 16.5. The zero-order valence-electron chi connectivity index (χ0n) is 15.2. The van der Waals surface area contributed by atoms with Crippen LogP contribution in [0.15, 0.2) is 30.7 Å². The van der Waals surface area contributed by atoms with Crippen molar-refractivity contribution in [1.82, 2.24) is 25.2 Å². The van der Waals surface area contributed by atoms with Gasteiger partial charge in [-0.2, -0.15) is 0 Å². The van der Waals surface area contributed by atoms with Crippen LogP contribution in [0, 0.1) is 0 Å². The molecule has 2 aromatic rings. The molecule has 0 radical (unpaired) electrons. The van der Waals surface area contributed by atoms with Crippen LogP contribution >= 0.6 is 0 Å². The SMILES string of the molecule is CN1CCCC1c1ccc(Nc2cc(OC3CCNCC3)ncn2)nc1. The molecule has 0 aromatic carbocycles. The summed E-state index contributed by atoms with van der Waals surface area (Å²) in [5, 5.41) is 6.58. The number of ether oxygens (including phenoxy) is 1. The molecule has 26 heavy (non-hydrogen) atoms. The number of piperidine rings is 1. The number of nitrogens with zero attached hydrogens (tertiary/aromatic N) is 4. The fraction of sp³-hybridized carbons (Fsp3) is 0.526. The summed E-state index contributed by atoms with van der Waals surface area (Å²) in [5.41, 5.74) is 1.27. The van der Waals surface area contributed by atoms with Crippen molar-refractivity contribution >= 4 is 11.6 Å². The van der Waals surface area contributed by atoms with Crippen LogP contribution in [-0.2, 0) is 0 Å². The molecule has 2 aliphatic rings. The molecule has 2 fully saturated rings. The van der Waals surface area contributed by atoms with E-state index in [9.17, 15) is 0 Å². The Balaban J connectivity index is 1.39. The molecular weight excluding hydrogens is 328 g/mol. The number of aromatic nitrogens is 3. The maximum atomic E-state index is 5.98. The van der Waals surface area contributed by atoms with Crippen LogP contribution in [0.2, 0.25) is 0 Å². The van der Waals surface area contributed by atoms with Gasteiger partial charge in [-0.25, -0.2) is 15.0 Å². The first kappa shape index (κ1) is 17.2. The summed E-state index contributed by atoms with van der Waals surface area (Å²) in [6.07, 6.45) is 8.18. The zero-order chi connectivity index (χ0) is 17.8. The lowest BCUT2D eigenvalue weighted by molar-refractivity contribution is 0.156. The lowest BCUT2D eigenvalue weighted by atomic mass is 10.1. The molecule has 1 atom stereocenters. The first-order valence-corrected chi connectivity index (χ1v) is 9.40. The Morgan fingerprint density at radius 2 is 2.00 bits per heavy atom. The summed E-state index contributed by atoms with van der Waals surface area (Å²) in [4.78, 5) is 15.4. The molecule has 138 valence electrons. The van der Waals surface area contributed by atoms with Gasteiger partial charge in [-0.05, 0) is 64.0 Å². The molecule has 4 heterocycles. The van der Waals surface area contributed by atoms with Crippen molar-refractivity contribution in [3.63, 3.8) is 0 Å². The number of nitrogens with one attached hydrogen (secondary N) is 2. The van der Waals surface area contributed by atoms with E-state index in [0.717, 1.165) is 38.3 Å². The maximum absolute atomic E-state index is 5.98. The number of likely N-dealkylation sites (tertiary alicyclic amines) is 1. The Morgan fingerprint density at radius 3 is 2.73 bits per heavy atom. The quantitative estimate of drug-likeness (QED) is 0.854. The van der Waals surface area contributed by atoms with Gasteiger partial charge in [0.15, 0.2) is 0 Å². The molecule has 2 aliphatic heterocycles. The predicted octanol–water partition coefficient (Wildman–Crippen LogP) is 2.51. The second kappa shape index (κ2) is 7.97. The van der Waals surface area contributed by atoms with Gasteiger partial charge in [0, 0.05) is 18.3 Å². The summed E-state index contributed by atoms with van der Waals surface area (Å²) < 4.78 is 5.98. The van der Waals surface area contributed by atoms with Crippen LogP contribution in [0.4, 0.5) is 11.6 Å². The minimum Gasteiger partial charge on any atom is -0.474 e. The summed E-state index contributed by atoms with van der Waals surface area (Å²) in [6.45, 7) is 3.14. The smallest absolute Gasteiger partial charge is 0.218 e. The highest BCUT2D eigenvalue weighted by Crippen LogP contribution is 2.30. The molecule has 4 rings (SSSR count). The van der Waals surface area contributed by atoms with Gasteiger partial charge in [-0.1, -0.05) is 6.07 Å². The summed E-state index contributed by atoms with van der Waals surface area (Å²) in [5.74, 6) is 2.08. The second-order valence-electron chi connectivity index (χ2n) is 7.05. The normalized spacial score (nSPS) is 21.7. The maximum Gasteiger partial charge on any atom is 0.218 e. The molecule has 7 nitrogen and oxygen atoms in total. The molecule has 2 N–H and O–H groups in total. The van der Waals surface area contributed by atoms with Gasteiger partial charge in [-0.15, -0.1) is 0 Å². The van der Waals surface area contributed by atoms with Crippen molar-refractivity contribution in [2.45, 2.75) is 37.8 Å². The Bertz CT molecular complexity index is 716. The lowest BCUT2D eigenvalue weighted by Crippen LogP contribution is -2.34. The van der Waals surface area contributed by atoms with Crippen molar-refractivity contribution in [1.29, 1.82) is 0 Å². The molecular formula is C19H26N6O. The van der Waals surface area contributed by atoms with Gasteiger partial charge in [-0.3, -0.25) is 4.90 Å². The van der Waals surface area contributed by atoms with Crippen LogP contribution in [0.1, 0.15) is 37.3 Å². The van der Waals surface area contributed by atoms with Crippen molar-refractivity contribution in [2.75, 3.05) is 32.0 Å². The van der Waals surface area contributed by atoms with E-state index in [2.05, 4.69) is 43.6 Å². The number of hydrogen-bond donors (Lipinski definition) is 2. The molecule has 0 spiro atoms. The fourth-order valence-corrected chi connectivity index (χ4v) is 3.70. The van der Waals surface area contributed by atoms with Gasteiger partial charge in [0.2, 0.25) is 5.88 Å². The first-order chi connectivity index (χ1) is 12.8. The number of anilines is 2. The van der Waals surface area contributed by atoms with Crippen molar-refractivity contribution in [3.8, 4) is 5.88 Å². The number of hydrogen-bond acceptors (Lipinski definition) is 7. The largest absolute Gasteiger partial charge is 0.474 e. The van der Waals surface area contributed by atoms with Crippen LogP contribution in [0.5, 0.6) is 5.88 Å². The van der Waals surface area contributed by atoms with Gasteiger partial charge in [0.05, 0.1) is 0 Å². The van der Waals surface area contributed by atoms with E-state index in [1.165, 1.54) is 24.7 Å². The third-order valence-corrected chi connectivity index (χ3v) is 5.16. The summed E-state index contributed by atoms with van der Waals surface area (Å²) in [6, 6.07) is 6.48. The summed E-state index contributed by atoms with van der Waals surface area (Å²) >= 11 is 0. The van der Waals surface area contributed by atoms with E-state index >= 15 is 0 Å². The summed E-state index contributed by atoms with van der Waals surface area (Å²) in [7, 11) is 2.18. The molecule has 0 saturated carbocycles. The minimum absolute atomic E-state index is 0.222. The van der Waals surface area contributed by atoms with E-state index < -0.39 is 0 Å². The van der Waals surface area contributed by atoms with Crippen molar-refractivity contribution in [3.05, 3.63) is 36.3 Å². The Morgan fingerprint density at radius 1 is 1.12 bits per heavy atom. The fourth-order valence-electron chi connectivity index (χ4n) is 3.70. The zero-order valence-corrected chi connectivity index (χ0v) is 15.2. The van der Waals surface area contributed by atoms with E-state index in [4.69, 9.17) is 4.74 Å². The van der Waals surface area contributed by atoms with E-state index in [1.807, 2.05) is 18.3 Å². The standard InChI is InChI=1S/C19H26N6O/c1-25-10-2-3-16(25)14-4-5-17(21-12-14)24-18-11-19(23-13-22-18)26-15-6-8-20-9-7-15/h4-5,11-13,15-16,20H,2-3,6-10H2,1H3,(H,21,22,23,24). The third-order valence-electron chi connectivity index (χ3n) is 5.16. The highest BCUT2D eigenvalue weighted by Gasteiger charge is 2.22. The second-order valence-corrected chi connectivity index (χ2v) is 7.05. The number of rotatable bonds is 5. The van der Waals surface area contributed by atoms with Gasteiger partial charge in [0.1, 0.15) is 24.1 Å². The molecule has 0 amide bonds. The Kier molecular flexibility index (Phi) is 5.26. The van der Waals surface area contributed by atoms with Crippen LogP contribution in [0.25, 0.3) is 0 Å². The number of pyridine rings is 1. The molecule has 0 aliphatic carbocycles. The molecule has 7 heteroatoms. The van der Waals surface area contributed by atoms with E-state index in [0.29, 0.717) is 17.7 Å². The Labute approximate surface area is 154 Å². The van der Waals surface area contributed by atoms with Gasteiger partial charge >= 0.3 is 0 Å². The molecule has 2 saturated heterocycles. The van der Waals surface area contributed by atoms with E-state index in [-0.39, 0.29) is 6.10 Å². The monoisotopic (exact) mass is 354 g/mol.